The van der Waals surface area contributed by atoms with Gasteiger partial charge in [0.25, 0.3) is 5.91 Å². The molecule has 1 unspecified atom stereocenters. The van der Waals surface area contributed by atoms with Crippen molar-refractivity contribution < 1.29 is 4.79 Å². The normalized spacial score (nSPS) is 11.6. The monoisotopic (exact) mass is 252 g/mol. The third kappa shape index (κ3) is 3.64. The maximum atomic E-state index is 11.9. The summed E-state index contributed by atoms with van der Waals surface area (Å²) in [6, 6.07) is -0.0726. The second-order valence-electron chi connectivity index (χ2n) is 3.55. The SMILES string of the molecule is C#CCC(C)NC(=O)c1sc(NCC)nc1N. The molecule has 0 spiro atoms. The summed E-state index contributed by atoms with van der Waals surface area (Å²) in [5.74, 6) is 2.51. The van der Waals surface area contributed by atoms with Crippen LogP contribution < -0.4 is 16.4 Å². The maximum Gasteiger partial charge on any atom is 0.265 e. The molecular formula is C11H16N4OS. The largest absolute Gasteiger partial charge is 0.382 e. The van der Waals surface area contributed by atoms with E-state index < -0.39 is 0 Å². The van der Waals surface area contributed by atoms with E-state index in [2.05, 4.69) is 21.5 Å². The molecule has 1 rings (SSSR count). The van der Waals surface area contributed by atoms with Gasteiger partial charge in [-0.15, -0.1) is 12.3 Å². The van der Waals surface area contributed by atoms with E-state index >= 15 is 0 Å². The molecule has 1 aromatic rings. The highest BCUT2D eigenvalue weighted by Gasteiger charge is 2.17. The lowest BCUT2D eigenvalue weighted by Crippen LogP contribution is -2.32. The first-order valence-electron chi connectivity index (χ1n) is 5.33. The minimum absolute atomic E-state index is 0.0726. The number of nitrogens with zero attached hydrogens (tertiary/aromatic N) is 1. The molecule has 4 N–H and O–H groups in total. The van der Waals surface area contributed by atoms with Gasteiger partial charge in [0.2, 0.25) is 0 Å². The minimum Gasteiger partial charge on any atom is -0.382 e. The van der Waals surface area contributed by atoms with Crippen molar-refractivity contribution in [2.24, 2.45) is 0 Å². The minimum atomic E-state index is -0.230. The number of nitrogens with one attached hydrogen (secondary N) is 2. The number of hydrogen-bond acceptors (Lipinski definition) is 5. The number of terminal acetylenes is 1. The van der Waals surface area contributed by atoms with Crippen molar-refractivity contribution in [1.82, 2.24) is 10.3 Å². The molecule has 1 aromatic heterocycles. The first-order valence-corrected chi connectivity index (χ1v) is 6.14. The molecule has 17 heavy (non-hydrogen) atoms. The number of nitrogens with two attached hydrogens (primary N) is 1. The molecule has 92 valence electrons. The van der Waals surface area contributed by atoms with Gasteiger partial charge in [-0.3, -0.25) is 4.79 Å². The summed E-state index contributed by atoms with van der Waals surface area (Å²) < 4.78 is 0. The van der Waals surface area contributed by atoms with Crippen molar-refractivity contribution in [3.8, 4) is 12.3 Å². The molecule has 0 aliphatic heterocycles. The van der Waals surface area contributed by atoms with Crippen molar-refractivity contribution >= 4 is 28.2 Å². The van der Waals surface area contributed by atoms with Crippen molar-refractivity contribution in [3.05, 3.63) is 4.88 Å². The van der Waals surface area contributed by atoms with Gasteiger partial charge in [-0.05, 0) is 13.8 Å². The molecule has 0 aliphatic rings. The molecular weight excluding hydrogens is 236 g/mol. The Hall–Kier alpha value is -1.74. The van der Waals surface area contributed by atoms with Crippen molar-refractivity contribution in [1.29, 1.82) is 0 Å². The zero-order valence-corrected chi connectivity index (χ0v) is 10.7. The zero-order chi connectivity index (χ0) is 12.8. The van der Waals surface area contributed by atoms with Gasteiger partial charge >= 0.3 is 0 Å². The van der Waals surface area contributed by atoms with Crippen LogP contribution in [-0.4, -0.2) is 23.5 Å². The number of aromatic nitrogens is 1. The second kappa shape index (κ2) is 6.11. The summed E-state index contributed by atoms with van der Waals surface area (Å²) in [6.45, 7) is 4.54. The lowest BCUT2D eigenvalue weighted by molar-refractivity contribution is 0.0945. The van der Waals surface area contributed by atoms with E-state index in [4.69, 9.17) is 12.2 Å². The number of carbonyl (C=O) groups excluding carboxylic acids is 1. The van der Waals surface area contributed by atoms with Crippen LogP contribution in [0.2, 0.25) is 0 Å². The fourth-order valence-electron chi connectivity index (χ4n) is 1.24. The quantitative estimate of drug-likeness (QED) is 0.690. The van der Waals surface area contributed by atoms with E-state index in [1.54, 1.807) is 0 Å². The van der Waals surface area contributed by atoms with Gasteiger partial charge in [0.05, 0.1) is 0 Å². The fraction of sp³-hybridized carbons (Fsp3) is 0.455. The van der Waals surface area contributed by atoms with Crippen molar-refractivity contribution in [3.63, 3.8) is 0 Å². The molecule has 1 atom stereocenters. The molecule has 6 heteroatoms. The molecule has 0 aliphatic carbocycles. The van der Waals surface area contributed by atoms with Crippen LogP contribution in [0.5, 0.6) is 0 Å². The van der Waals surface area contributed by atoms with Crippen LogP contribution >= 0.6 is 11.3 Å². The van der Waals surface area contributed by atoms with E-state index in [-0.39, 0.29) is 17.8 Å². The highest BCUT2D eigenvalue weighted by molar-refractivity contribution is 7.18. The van der Waals surface area contributed by atoms with Crippen LogP contribution in [0.15, 0.2) is 0 Å². The Morgan fingerprint density at radius 3 is 3.00 bits per heavy atom. The molecule has 0 aromatic carbocycles. The van der Waals surface area contributed by atoms with Crippen LogP contribution in [0, 0.1) is 12.3 Å². The third-order valence-electron chi connectivity index (χ3n) is 1.99. The summed E-state index contributed by atoms with van der Waals surface area (Å²) in [4.78, 5) is 16.3. The highest BCUT2D eigenvalue weighted by Crippen LogP contribution is 2.24. The van der Waals surface area contributed by atoms with Gasteiger partial charge in [0.1, 0.15) is 10.7 Å². The van der Waals surface area contributed by atoms with Gasteiger partial charge < -0.3 is 16.4 Å². The summed E-state index contributed by atoms with van der Waals surface area (Å²) in [7, 11) is 0. The zero-order valence-electron chi connectivity index (χ0n) is 9.91. The summed E-state index contributed by atoms with van der Waals surface area (Å²) in [5.41, 5.74) is 5.68. The predicted molar refractivity (Wildman–Crippen MR) is 71.1 cm³/mol. The predicted octanol–water partition coefficient (Wildman–Crippen LogP) is 1.30. The van der Waals surface area contributed by atoms with Crippen LogP contribution in [-0.2, 0) is 0 Å². The van der Waals surface area contributed by atoms with Gasteiger partial charge in [0.15, 0.2) is 5.13 Å². The topological polar surface area (TPSA) is 80.0 Å². The number of rotatable bonds is 5. The van der Waals surface area contributed by atoms with E-state index in [1.807, 2.05) is 13.8 Å². The fourth-order valence-corrected chi connectivity index (χ4v) is 2.09. The standard InChI is InChI=1S/C11H16N4OS/c1-4-6-7(3)14-10(16)8-9(12)15-11(17-8)13-5-2/h1,7H,5-6,12H2,2-3H3,(H,13,15)(H,14,16). The van der Waals surface area contributed by atoms with Crippen LogP contribution in [0.1, 0.15) is 29.9 Å². The van der Waals surface area contributed by atoms with Crippen LogP contribution in [0.25, 0.3) is 0 Å². The van der Waals surface area contributed by atoms with Gasteiger partial charge in [-0.25, -0.2) is 4.98 Å². The summed E-state index contributed by atoms with van der Waals surface area (Å²) in [5, 5.41) is 6.44. The molecule has 0 radical (unpaired) electrons. The summed E-state index contributed by atoms with van der Waals surface area (Å²) >= 11 is 1.24. The Morgan fingerprint density at radius 2 is 2.41 bits per heavy atom. The van der Waals surface area contributed by atoms with Gasteiger partial charge in [0, 0.05) is 19.0 Å². The lowest BCUT2D eigenvalue weighted by Gasteiger charge is -2.09. The molecule has 0 fully saturated rings. The highest BCUT2D eigenvalue weighted by atomic mass is 32.1. The Morgan fingerprint density at radius 1 is 1.71 bits per heavy atom. The van der Waals surface area contributed by atoms with Gasteiger partial charge in [-0.2, -0.15) is 0 Å². The van der Waals surface area contributed by atoms with Crippen LogP contribution in [0.4, 0.5) is 10.9 Å². The number of anilines is 2. The average Bonchev–Trinajstić information content (AvgIpc) is 2.60. The van der Waals surface area contributed by atoms with Crippen LogP contribution in [0.3, 0.4) is 0 Å². The van der Waals surface area contributed by atoms with E-state index in [9.17, 15) is 4.79 Å². The molecule has 0 saturated carbocycles. The number of amides is 1. The van der Waals surface area contributed by atoms with Gasteiger partial charge in [-0.1, -0.05) is 11.3 Å². The smallest absolute Gasteiger partial charge is 0.265 e. The molecule has 0 bridgehead atoms. The van der Waals surface area contributed by atoms with E-state index in [0.29, 0.717) is 16.4 Å². The summed E-state index contributed by atoms with van der Waals surface area (Å²) in [6.07, 6.45) is 5.66. The Balaban J connectivity index is 2.72. The number of nitrogen functional groups attached to an aromatic ring is 1. The third-order valence-corrected chi connectivity index (χ3v) is 3.02. The second-order valence-corrected chi connectivity index (χ2v) is 4.55. The van der Waals surface area contributed by atoms with E-state index in [1.165, 1.54) is 11.3 Å². The first-order chi connectivity index (χ1) is 8.08. The first kappa shape index (κ1) is 13.3. The van der Waals surface area contributed by atoms with Crippen molar-refractivity contribution in [2.45, 2.75) is 26.3 Å². The number of thiazole rings is 1. The van der Waals surface area contributed by atoms with Crippen molar-refractivity contribution in [2.75, 3.05) is 17.6 Å². The van der Waals surface area contributed by atoms with E-state index in [0.717, 1.165) is 6.54 Å². The number of carbonyl (C=O) groups is 1. The Bertz CT molecular complexity index is 435. The molecule has 1 heterocycles. The maximum absolute atomic E-state index is 11.9. The Kier molecular flexibility index (Phi) is 4.79. The Labute approximate surface area is 105 Å². The number of hydrogen-bond donors (Lipinski definition) is 3. The molecule has 5 nitrogen and oxygen atoms in total. The lowest BCUT2D eigenvalue weighted by atomic mass is 10.2. The average molecular weight is 252 g/mol. The molecule has 1 amide bonds. The molecule has 0 saturated heterocycles.